The molecule has 0 bridgehead atoms. The Bertz CT molecular complexity index is 939. The Morgan fingerprint density at radius 3 is 1.52 bits per heavy atom. The first-order chi connectivity index (χ1) is 19.0. The van der Waals surface area contributed by atoms with Gasteiger partial charge in [0.15, 0.2) is 0 Å². The van der Waals surface area contributed by atoms with E-state index in [-0.39, 0.29) is 55.5 Å². The normalized spacial score (nSPS) is 15.2. The first-order valence-corrected chi connectivity index (χ1v) is 13.1. The summed E-state index contributed by atoms with van der Waals surface area (Å²) >= 11 is 0. The van der Waals surface area contributed by atoms with Gasteiger partial charge in [-0.05, 0) is 12.8 Å². The van der Waals surface area contributed by atoms with Crippen molar-refractivity contribution in [3.8, 4) is 0 Å². The van der Waals surface area contributed by atoms with Crippen molar-refractivity contribution in [1.29, 1.82) is 0 Å². The van der Waals surface area contributed by atoms with Crippen molar-refractivity contribution >= 4 is 47.3 Å². The van der Waals surface area contributed by atoms with Crippen LogP contribution in [-0.4, -0.2) is 88.4 Å². The molecule has 0 atom stereocenters. The third kappa shape index (κ3) is 15.9. The number of carbonyl (C=O) groups excluding carboxylic acids is 7. The summed E-state index contributed by atoms with van der Waals surface area (Å²) in [7, 11) is 0. The minimum Gasteiger partial charge on any atom is -0.481 e. The molecule has 6 N–H and O–H groups in total. The molecule has 14 heteroatoms. The topological polar surface area (TPSA) is 215 Å². The molecular weight excluding hydrogens is 526 g/mol. The van der Waals surface area contributed by atoms with Crippen LogP contribution in [0.25, 0.3) is 0 Å². The number of quaternary nitrogens is 1. The molecule has 3 rings (SSSR count). The van der Waals surface area contributed by atoms with Crippen LogP contribution in [0.1, 0.15) is 65.2 Å². The molecule has 0 radical (unpaired) electrons. The highest BCUT2D eigenvalue weighted by Gasteiger charge is 2.24. The summed E-state index contributed by atoms with van der Waals surface area (Å²) in [6.45, 7) is 6.05. The fourth-order valence-electron chi connectivity index (χ4n) is 2.97. The maximum absolute atomic E-state index is 11.3. The van der Waals surface area contributed by atoms with E-state index in [1.54, 1.807) is 0 Å². The number of imide groups is 3. The van der Waals surface area contributed by atoms with Crippen molar-refractivity contribution in [3.63, 3.8) is 0 Å². The second-order valence-corrected chi connectivity index (χ2v) is 8.60. The number of rotatable bonds is 11. The quantitative estimate of drug-likeness (QED) is 0.179. The second-order valence-electron chi connectivity index (χ2n) is 8.60. The van der Waals surface area contributed by atoms with Crippen LogP contribution in [-0.2, 0) is 38.4 Å². The van der Waals surface area contributed by atoms with Gasteiger partial charge in [-0.25, -0.2) is 0 Å². The molecule has 14 nitrogen and oxygen atoms in total. The number of carboxylic acids is 1. The minimum absolute atomic E-state index is 0.0556. The van der Waals surface area contributed by atoms with Crippen LogP contribution >= 0.6 is 0 Å². The maximum Gasteiger partial charge on any atom is 0.305 e. The van der Waals surface area contributed by atoms with Crippen molar-refractivity contribution in [2.24, 2.45) is 0 Å². The molecule has 3 heterocycles. The van der Waals surface area contributed by atoms with E-state index in [0.717, 1.165) is 41.3 Å². The molecule has 0 aromatic heterocycles. The van der Waals surface area contributed by atoms with E-state index >= 15 is 0 Å². The molecule has 0 aromatic rings. The van der Waals surface area contributed by atoms with Gasteiger partial charge in [0.2, 0.25) is 17.7 Å². The lowest BCUT2D eigenvalue weighted by atomic mass is 10.3. The zero-order valence-electron chi connectivity index (χ0n) is 23.1. The molecular formula is C26H40N5O9+. The Labute approximate surface area is 233 Å². The van der Waals surface area contributed by atoms with Gasteiger partial charge in [0, 0.05) is 63.2 Å². The van der Waals surface area contributed by atoms with Gasteiger partial charge in [0.05, 0.1) is 13.0 Å². The van der Waals surface area contributed by atoms with Crippen molar-refractivity contribution in [3.05, 3.63) is 24.3 Å². The average Bonchev–Trinajstić information content (AvgIpc) is 3.55. The van der Waals surface area contributed by atoms with Gasteiger partial charge >= 0.3 is 5.97 Å². The Kier molecular flexibility index (Phi) is 18.5. The standard InChI is InChI=1S/C11H16N2O3.C7H7NO4.C4H5NO2.C4H11N/c1-2-3-7-12-9(14)6-8-13-10(15)4-5-11(13)16;9-5-1-2-6(10)8(5)4-3-7(11)12;6-3-1-2-4(7)5-3;1-2-3-4-5/h4-5H,2-3,6-8H2,1H3,(H,12,14);1-2H,3-4H2,(H,11,12);1-2H2,(H,5,6,7);2-5H2,1H3/p+1. The van der Waals surface area contributed by atoms with Crippen LogP contribution in [0.4, 0.5) is 0 Å². The van der Waals surface area contributed by atoms with Crippen LogP contribution < -0.4 is 16.4 Å². The summed E-state index contributed by atoms with van der Waals surface area (Å²) in [6.07, 6.45) is 9.92. The van der Waals surface area contributed by atoms with Gasteiger partial charge in [-0.15, -0.1) is 0 Å². The number of amides is 7. The molecule has 0 saturated carbocycles. The van der Waals surface area contributed by atoms with Gasteiger partial charge in [-0.3, -0.25) is 53.5 Å². The smallest absolute Gasteiger partial charge is 0.305 e. The Hall–Kier alpha value is -4.20. The fraction of sp³-hybridized carbons (Fsp3) is 0.538. The summed E-state index contributed by atoms with van der Waals surface area (Å²) in [5.41, 5.74) is 3.68. The number of aliphatic carboxylic acids is 1. The van der Waals surface area contributed by atoms with E-state index in [4.69, 9.17) is 5.11 Å². The number of carboxylic acid groups (broad SMARTS) is 1. The lowest BCUT2D eigenvalue weighted by Crippen LogP contribution is -2.49. The number of unbranched alkanes of at least 4 members (excludes halogenated alkanes) is 2. The number of nitrogens with zero attached hydrogens (tertiary/aromatic N) is 2. The number of carbonyl (C=O) groups is 8. The van der Waals surface area contributed by atoms with E-state index in [1.165, 1.54) is 25.0 Å². The van der Waals surface area contributed by atoms with Crippen molar-refractivity contribution < 1.29 is 49.2 Å². The van der Waals surface area contributed by atoms with E-state index in [2.05, 4.69) is 23.3 Å². The third-order valence-corrected chi connectivity index (χ3v) is 5.23. The van der Waals surface area contributed by atoms with Gasteiger partial charge < -0.3 is 16.2 Å². The molecule has 3 aliphatic heterocycles. The van der Waals surface area contributed by atoms with E-state index < -0.39 is 17.8 Å². The molecule has 7 amide bonds. The first-order valence-electron chi connectivity index (χ1n) is 13.1. The predicted molar refractivity (Wildman–Crippen MR) is 142 cm³/mol. The Morgan fingerprint density at radius 1 is 0.800 bits per heavy atom. The molecule has 0 unspecified atom stereocenters. The molecule has 0 aromatic carbocycles. The predicted octanol–water partition coefficient (Wildman–Crippen LogP) is -0.945. The van der Waals surface area contributed by atoms with Gasteiger partial charge in [-0.2, -0.15) is 0 Å². The highest BCUT2D eigenvalue weighted by atomic mass is 16.4. The van der Waals surface area contributed by atoms with Gasteiger partial charge in [-0.1, -0.05) is 26.7 Å². The minimum atomic E-state index is -1.03. The molecule has 1 fully saturated rings. The molecule has 0 spiro atoms. The number of nitrogens with one attached hydrogen (secondary N) is 2. The fourth-order valence-corrected chi connectivity index (χ4v) is 2.97. The molecule has 0 aliphatic carbocycles. The van der Waals surface area contributed by atoms with Gasteiger partial charge in [0.25, 0.3) is 23.6 Å². The maximum atomic E-state index is 11.3. The molecule has 3 aliphatic rings. The van der Waals surface area contributed by atoms with Gasteiger partial charge in [0.1, 0.15) is 0 Å². The van der Waals surface area contributed by atoms with Crippen molar-refractivity contribution in [2.45, 2.75) is 65.2 Å². The van der Waals surface area contributed by atoms with Crippen LogP contribution in [0.15, 0.2) is 24.3 Å². The number of hydrogen-bond acceptors (Lipinski definition) is 8. The zero-order valence-corrected chi connectivity index (χ0v) is 23.1. The Balaban J connectivity index is 0.000000554. The SMILES string of the molecule is CCCCNC(=O)CCN1C(=O)C=CC1=O.CCCC[NH3+].O=C(O)CCN1C(=O)C=CC1=O.O=C1CCC(=O)N1. The highest BCUT2D eigenvalue weighted by Crippen LogP contribution is 2.04. The lowest BCUT2D eigenvalue weighted by Gasteiger charge is -2.13. The lowest BCUT2D eigenvalue weighted by molar-refractivity contribution is -0.368. The summed E-state index contributed by atoms with van der Waals surface area (Å²) in [5.74, 6) is -3.02. The zero-order chi connectivity index (χ0) is 30.5. The van der Waals surface area contributed by atoms with Crippen LogP contribution in [0.2, 0.25) is 0 Å². The second kappa shape index (κ2) is 20.7. The third-order valence-electron chi connectivity index (χ3n) is 5.23. The molecule has 222 valence electrons. The summed E-state index contributed by atoms with van der Waals surface area (Å²) in [4.78, 5) is 87.5. The molecule has 40 heavy (non-hydrogen) atoms. The summed E-state index contributed by atoms with van der Waals surface area (Å²) in [5, 5.41) is 13.1. The van der Waals surface area contributed by atoms with Crippen LogP contribution in [0.5, 0.6) is 0 Å². The van der Waals surface area contributed by atoms with Crippen LogP contribution in [0, 0.1) is 0 Å². The highest BCUT2D eigenvalue weighted by molar-refractivity contribution is 6.13. The largest absolute Gasteiger partial charge is 0.481 e. The van der Waals surface area contributed by atoms with E-state index in [9.17, 15) is 38.4 Å². The molecule has 1 saturated heterocycles. The summed E-state index contributed by atoms with van der Waals surface area (Å²) < 4.78 is 0. The first kappa shape index (κ1) is 35.8. The van der Waals surface area contributed by atoms with E-state index in [0.29, 0.717) is 19.4 Å². The van der Waals surface area contributed by atoms with Crippen molar-refractivity contribution in [2.75, 3.05) is 26.2 Å². The summed E-state index contributed by atoms with van der Waals surface area (Å²) in [6, 6.07) is 0. The van der Waals surface area contributed by atoms with E-state index in [1.807, 2.05) is 6.92 Å². The number of hydrogen-bond donors (Lipinski definition) is 4. The average molecular weight is 567 g/mol. The van der Waals surface area contributed by atoms with Crippen molar-refractivity contribution in [1.82, 2.24) is 20.4 Å². The Morgan fingerprint density at radius 2 is 1.23 bits per heavy atom. The van der Waals surface area contributed by atoms with Crippen LogP contribution in [0.3, 0.4) is 0 Å². The monoisotopic (exact) mass is 566 g/mol.